The third kappa shape index (κ3) is 6.46. The van der Waals surface area contributed by atoms with Crippen LogP contribution in [0.4, 0.5) is 11.4 Å². The van der Waals surface area contributed by atoms with Gasteiger partial charge in [-0.2, -0.15) is 0 Å². The average molecular weight is 691 g/mol. The Morgan fingerprint density at radius 3 is 1.38 bits per heavy atom. The summed E-state index contributed by atoms with van der Waals surface area (Å²) in [4.78, 5) is 63.1. The molecular weight excluding hydrogens is 652 g/mol. The van der Waals surface area contributed by atoms with Crippen LogP contribution in [0, 0.1) is 0 Å². The first-order valence-electron chi connectivity index (χ1n) is 17.7. The van der Waals surface area contributed by atoms with Gasteiger partial charge in [0.15, 0.2) is 0 Å². The molecule has 0 aliphatic carbocycles. The van der Waals surface area contributed by atoms with Crippen molar-refractivity contribution in [2.24, 2.45) is 0 Å². The summed E-state index contributed by atoms with van der Waals surface area (Å²) in [5, 5.41) is 7.70. The Balaban J connectivity index is 0.852. The lowest BCUT2D eigenvalue weighted by Gasteiger charge is -2.24. The van der Waals surface area contributed by atoms with Gasteiger partial charge in [-0.25, -0.2) is 0 Å². The second kappa shape index (κ2) is 14.1. The monoisotopic (exact) mass is 690 g/mol. The number of aromatic nitrogens is 2. The number of fused-ring (bicyclic) bond motifs is 2. The first kappa shape index (κ1) is 32.8. The summed E-state index contributed by atoms with van der Waals surface area (Å²) in [5.74, 6) is -0.661. The van der Waals surface area contributed by atoms with Crippen LogP contribution >= 0.6 is 0 Å². The van der Waals surface area contributed by atoms with Crippen LogP contribution in [0.5, 0.6) is 0 Å². The average Bonchev–Trinajstić information content (AvgIpc) is 4.00. The summed E-state index contributed by atoms with van der Waals surface area (Å²) in [5.41, 5.74) is 6.18. The lowest BCUT2D eigenvalue weighted by molar-refractivity contribution is -0.120. The van der Waals surface area contributed by atoms with Gasteiger partial charge in [-0.3, -0.25) is 19.2 Å². The van der Waals surface area contributed by atoms with Crippen LogP contribution in [0.3, 0.4) is 0 Å². The molecule has 2 saturated heterocycles. The molecule has 6 aromatic rings. The molecule has 0 unspecified atom stereocenters. The molecule has 2 aliphatic rings. The third-order valence-corrected chi connectivity index (χ3v) is 10.1. The van der Waals surface area contributed by atoms with Gasteiger partial charge in [-0.05, 0) is 73.2 Å². The first-order valence-corrected chi connectivity index (χ1v) is 17.7. The van der Waals surface area contributed by atoms with Gasteiger partial charge >= 0.3 is 0 Å². The summed E-state index contributed by atoms with van der Waals surface area (Å²) in [6.45, 7) is 1.08. The van der Waals surface area contributed by atoms with Gasteiger partial charge in [0.2, 0.25) is 11.8 Å². The molecule has 4 heterocycles. The Kier molecular flexibility index (Phi) is 8.86. The highest BCUT2D eigenvalue weighted by molar-refractivity contribution is 6.10. The van der Waals surface area contributed by atoms with E-state index in [9.17, 15) is 19.2 Å². The van der Waals surface area contributed by atoms with Gasteiger partial charge in [-0.1, -0.05) is 72.8 Å². The van der Waals surface area contributed by atoms with Crippen LogP contribution in [0.25, 0.3) is 34.0 Å². The zero-order valence-corrected chi connectivity index (χ0v) is 28.5. The van der Waals surface area contributed by atoms with Gasteiger partial charge in [-0.15, -0.1) is 0 Å². The first-order chi connectivity index (χ1) is 25.4. The Hall–Kier alpha value is -6.42. The summed E-state index contributed by atoms with van der Waals surface area (Å²) >= 11 is 0. The number of H-pyrrole nitrogens is 2. The number of aromatic amines is 2. The van der Waals surface area contributed by atoms with E-state index in [-0.39, 0.29) is 23.6 Å². The van der Waals surface area contributed by atoms with E-state index in [4.69, 9.17) is 0 Å². The Bertz CT molecular complexity index is 2160. The minimum atomic E-state index is -0.529. The minimum Gasteiger partial charge on any atom is -0.360 e. The topological polar surface area (TPSA) is 130 Å². The van der Waals surface area contributed by atoms with E-state index < -0.39 is 12.1 Å². The molecular formula is C42H38N6O4. The summed E-state index contributed by atoms with van der Waals surface area (Å²) < 4.78 is 0. The van der Waals surface area contributed by atoms with Crippen LogP contribution in [0.2, 0.25) is 0 Å². The maximum absolute atomic E-state index is 13.4. The standard InChI is InChI=1S/C42H38N6O4/c49-39(37-11-5-23-47(37)41(51)33-25-43-35-9-3-1-7-31(33)35)45-29-19-15-27(16-20-29)13-14-28-17-21-30(22-18-28)46-40(50)38-12-6-24-48(38)42(52)34-26-44-36-10-4-2-8-32(34)36/h1-4,7-10,13-22,25-26,37-38,43-44H,5-6,11-12,23-24H2,(H,45,49)(H,46,50)/b14-13+/t37-,38-/m0/s1. The fourth-order valence-electron chi connectivity index (χ4n) is 7.37. The predicted octanol–water partition coefficient (Wildman–Crippen LogP) is 7.31. The second-order valence-electron chi connectivity index (χ2n) is 13.4. The van der Waals surface area contributed by atoms with Gasteiger partial charge in [0.25, 0.3) is 11.8 Å². The summed E-state index contributed by atoms with van der Waals surface area (Å²) in [6.07, 6.45) is 10.2. The summed E-state index contributed by atoms with van der Waals surface area (Å²) in [6, 6.07) is 29.4. The van der Waals surface area contributed by atoms with Crippen molar-refractivity contribution in [2.75, 3.05) is 23.7 Å². The zero-order valence-electron chi connectivity index (χ0n) is 28.5. The van der Waals surface area contributed by atoms with Crippen molar-refractivity contribution >= 4 is 69.0 Å². The number of carbonyl (C=O) groups is 4. The molecule has 0 bridgehead atoms. The Morgan fingerprint density at radius 1 is 0.558 bits per heavy atom. The van der Waals surface area contributed by atoms with E-state index in [1.807, 2.05) is 109 Å². The number of hydrogen-bond acceptors (Lipinski definition) is 4. The molecule has 8 rings (SSSR count). The number of hydrogen-bond donors (Lipinski definition) is 4. The molecule has 2 atom stereocenters. The number of nitrogens with zero attached hydrogens (tertiary/aromatic N) is 2. The van der Waals surface area contributed by atoms with Crippen molar-refractivity contribution in [3.05, 3.63) is 132 Å². The lowest BCUT2D eigenvalue weighted by atomic mass is 10.1. The molecule has 2 fully saturated rings. The number of carbonyl (C=O) groups excluding carboxylic acids is 4. The normalized spacial score (nSPS) is 17.3. The van der Waals surface area contributed by atoms with Crippen LogP contribution in [-0.2, 0) is 9.59 Å². The summed E-state index contributed by atoms with van der Waals surface area (Å²) in [7, 11) is 0. The molecule has 52 heavy (non-hydrogen) atoms. The smallest absolute Gasteiger partial charge is 0.256 e. The fraction of sp³-hybridized carbons (Fsp3) is 0.190. The fourth-order valence-corrected chi connectivity index (χ4v) is 7.37. The molecule has 4 amide bonds. The van der Waals surface area contributed by atoms with Crippen LogP contribution < -0.4 is 10.6 Å². The molecule has 0 spiro atoms. The quantitative estimate of drug-likeness (QED) is 0.125. The molecule has 2 aliphatic heterocycles. The number of nitrogens with one attached hydrogen (secondary N) is 4. The van der Waals surface area contributed by atoms with Crippen LogP contribution in [0.1, 0.15) is 57.5 Å². The van der Waals surface area contributed by atoms with E-state index in [1.165, 1.54) is 0 Å². The van der Waals surface area contributed by atoms with E-state index in [2.05, 4.69) is 20.6 Å². The molecule has 260 valence electrons. The third-order valence-electron chi connectivity index (χ3n) is 10.1. The Labute approximate surface area is 300 Å². The zero-order chi connectivity index (χ0) is 35.6. The molecule has 2 aromatic heterocycles. The van der Waals surface area contributed by atoms with E-state index in [0.717, 1.165) is 45.8 Å². The van der Waals surface area contributed by atoms with Crippen molar-refractivity contribution in [3.8, 4) is 0 Å². The highest BCUT2D eigenvalue weighted by Crippen LogP contribution is 2.28. The molecule has 0 saturated carbocycles. The van der Waals surface area contributed by atoms with Crippen LogP contribution in [0.15, 0.2) is 109 Å². The number of benzene rings is 4. The second-order valence-corrected chi connectivity index (χ2v) is 13.4. The number of likely N-dealkylation sites (tertiary alicyclic amines) is 2. The number of rotatable bonds is 8. The van der Waals surface area contributed by atoms with Crippen molar-refractivity contribution < 1.29 is 19.2 Å². The van der Waals surface area contributed by atoms with E-state index in [1.54, 1.807) is 22.2 Å². The number of amides is 4. The maximum atomic E-state index is 13.4. The van der Waals surface area contributed by atoms with Gasteiger partial charge < -0.3 is 30.4 Å². The van der Waals surface area contributed by atoms with E-state index >= 15 is 0 Å². The molecule has 4 N–H and O–H groups in total. The van der Waals surface area contributed by atoms with E-state index in [0.29, 0.717) is 48.4 Å². The predicted molar refractivity (Wildman–Crippen MR) is 204 cm³/mol. The Morgan fingerprint density at radius 2 is 0.962 bits per heavy atom. The van der Waals surface area contributed by atoms with Crippen molar-refractivity contribution in [2.45, 2.75) is 37.8 Å². The van der Waals surface area contributed by atoms with Gasteiger partial charge in [0.1, 0.15) is 12.1 Å². The van der Waals surface area contributed by atoms with Crippen molar-refractivity contribution in [1.29, 1.82) is 0 Å². The van der Waals surface area contributed by atoms with Crippen molar-refractivity contribution in [3.63, 3.8) is 0 Å². The molecule has 10 nitrogen and oxygen atoms in total. The highest BCUT2D eigenvalue weighted by Gasteiger charge is 2.36. The van der Waals surface area contributed by atoms with Crippen LogP contribution in [-0.4, -0.2) is 68.6 Å². The largest absolute Gasteiger partial charge is 0.360 e. The number of para-hydroxylation sites is 2. The molecule has 10 heteroatoms. The number of anilines is 2. The minimum absolute atomic E-state index is 0.139. The lowest BCUT2D eigenvalue weighted by Crippen LogP contribution is -2.43. The molecule has 4 aromatic carbocycles. The van der Waals surface area contributed by atoms with Gasteiger partial charge in [0.05, 0.1) is 11.1 Å². The highest BCUT2D eigenvalue weighted by atomic mass is 16.2. The molecule has 0 radical (unpaired) electrons. The van der Waals surface area contributed by atoms with Gasteiger partial charge in [0, 0.05) is 58.7 Å². The SMILES string of the molecule is O=C(Nc1ccc(/C=C/c2ccc(NC(=O)[C@@H]3CCCN3C(=O)c3c[nH]c4ccccc34)cc2)cc1)[C@@H]1CCCN1C(=O)c1c[nH]c2ccccc12. The maximum Gasteiger partial charge on any atom is 0.256 e. The van der Waals surface area contributed by atoms with Crippen molar-refractivity contribution in [1.82, 2.24) is 19.8 Å².